The monoisotopic (exact) mass is 374 g/mol. The van der Waals surface area contributed by atoms with Gasteiger partial charge in [0.05, 0.1) is 18.7 Å². The number of rotatable bonds is 3. The molecule has 28 heavy (non-hydrogen) atoms. The van der Waals surface area contributed by atoms with Gasteiger partial charge >= 0.3 is 0 Å². The third-order valence-corrected chi connectivity index (χ3v) is 6.41. The molecule has 1 fully saturated rings. The van der Waals surface area contributed by atoms with E-state index in [1.165, 1.54) is 22.3 Å². The van der Waals surface area contributed by atoms with E-state index >= 15 is 0 Å². The number of fused-ring (bicyclic) bond motifs is 2. The second-order valence-corrected chi connectivity index (χ2v) is 8.17. The molecule has 0 bridgehead atoms. The van der Waals surface area contributed by atoms with Crippen molar-refractivity contribution >= 4 is 11.6 Å². The van der Waals surface area contributed by atoms with Crippen molar-refractivity contribution in [3.8, 4) is 0 Å². The topological polar surface area (TPSA) is 48.8 Å². The van der Waals surface area contributed by atoms with Gasteiger partial charge in [0.15, 0.2) is 0 Å². The van der Waals surface area contributed by atoms with Gasteiger partial charge in [-0.25, -0.2) is 0 Å². The Balaban J connectivity index is 1.44. The number of aromatic nitrogens is 1. The van der Waals surface area contributed by atoms with Crippen molar-refractivity contribution < 1.29 is 4.79 Å². The normalized spacial score (nSPS) is 21.6. The summed E-state index contributed by atoms with van der Waals surface area (Å²) in [4.78, 5) is 26.6. The van der Waals surface area contributed by atoms with Crippen LogP contribution in [0.5, 0.6) is 0 Å². The Bertz CT molecular complexity index is 963. The molecule has 5 nitrogen and oxygen atoms in total. The first-order valence-corrected chi connectivity index (χ1v) is 10.3. The van der Waals surface area contributed by atoms with Crippen LogP contribution in [0.3, 0.4) is 0 Å². The van der Waals surface area contributed by atoms with Gasteiger partial charge < -0.3 is 9.80 Å². The molecule has 2 aromatic rings. The molecule has 1 aromatic carbocycles. The SMILES string of the molecule is CCN1CC[C@@H](N2Cc3cc4c(cc3CC2=O)CN=C4c2ccc(C)nc2)C1. The molecule has 0 aliphatic carbocycles. The minimum absolute atomic E-state index is 0.275. The molecular weight excluding hydrogens is 348 g/mol. The number of nitrogens with zero attached hydrogens (tertiary/aromatic N) is 4. The number of pyridine rings is 1. The van der Waals surface area contributed by atoms with Crippen molar-refractivity contribution in [2.45, 2.75) is 45.8 Å². The number of aryl methyl sites for hydroxylation is 1. The number of carbonyl (C=O) groups excluding carboxylic acids is 1. The Morgan fingerprint density at radius 1 is 1.18 bits per heavy atom. The number of likely N-dealkylation sites (tertiary alicyclic amines) is 1. The molecule has 0 N–H and O–H groups in total. The fourth-order valence-electron chi connectivity index (χ4n) is 4.73. The standard InChI is InChI=1S/C23H26N4O/c1-3-26-7-6-20(14-26)27-13-19-9-21-18(8-17(19)10-22(27)28)12-25-23(21)16-5-4-15(2)24-11-16/h4-5,8-9,11,20H,3,6-7,10,12-14H2,1-2H3/t20-/m1/s1. The lowest BCUT2D eigenvalue weighted by atomic mass is 9.90. The minimum Gasteiger partial charge on any atom is -0.334 e. The maximum absolute atomic E-state index is 12.8. The number of amides is 1. The lowest BCUT2D eigenvalue weighted by Gasteiger charge is -2.34. The van der Waals surface area contributed by atoms with Gasteiger partial charge in [0, 0.05) is 48.7 Å². The van der Waals surface area contributed by atoms with Crippen molar-refractivity contribution in [2.24, 2.45) is 4.99 Å². The maximum atomic E-state index is 12.8. The van der Waals surface area contributed by atoms with E-state index in [1.54, 1.807) is 0 Å². The summed E-state index contributed by atoms with van der Waals surface area (Å²) in [6.45, 7) is 8.77. The summed E-state index contributed by atoms with van der Waals surface area (Å²) in [5.41, 5.74) is 8.02. The first-order valence-electron chi connectivity index (χ1n) is 10.3. The summed E-state index contributed by atoms with van der Waals surface area (Å²) in [6, 6.07) is 8.98. The number of hydrogen-bond donors (Lipinski definition) is 0. The number of benzene rings is 1. The summed E-state index contributed by atoms with van der Waals surface area (Å²) in [7, 11) is 0. The van der Waals surface area contributed by atoms with Crippen LogP contribution in [0.4, 0.5) is 0 Å². The zero-order valence-corrected chi connectivity index (χ0v) is 16.6. The zero-order valence-electron chi connectivity index (χ0n) is 16.6. The highest BCUT2D eigenvalue weighted by Gasteiger charge is 2.34. The van der Waals surface area contributed by atoms with Gasteiger partial charge in [-0.3, -0.25) is 14.8 Å². The zero-order chi connectivity index (χ0) is 19.3. The van der Waals surface area contributed by atoms with Crippen LogP contribution in [0.25, 0.3) is 0 Å². The predicted molar refractivity (Wildman–Crippen MR) is 110 cm³/mol. The summed E-state index contributed by atoms with van der Waals surface area (Å²) in [6.07, 6.45) is 3.52. The van der Waals surface area contributed by atoms with E-state index in [9.17, 15) is 4.79 Å². The fourth-order valence-corrected chi connectivity index (χ4v) is 4.73. The van der Waals surface area contributed by atoms with Gasteiger partial charge in [0.2, 0.25) is 5.91 Å². The van der Waals surface area contributed by atoms with E-state index in [0.717, 1.165) is 49.6 Å². The fraction of sp³-hybridized carbons (Fsp3) is 0.435. The Morgan fingerprint density at radius 3 is 2.82 bits per heavy atom. The summed E-state index contributed by atoms with van der Waals surface area (Å²) in [5.74, 6) is 0.275. The largest absolute Gasteiger partial charge is 0.334 e. The van der Waals surface area contributed by atoms with Crippen LogP contribution in [0.15, 0.2) is 35.5 Å². The van der Waals surface area contributed by atoms with Gasteiger partial charge in [0.25, 0.3) is 0 Å². The Labute approximate surface area is 166 Å². The summed E-state index contributed by atoms with van der Waals surface area (Å²) >= 11 is 0. The molecular formula is C23H26N4O. The number of likely N-dealkylation sites (N-methyl/N-ethyl adjacent to an activating group) is 1. The number of aliphatic imine (C=N–C) groups is 1. The van der Waals surface area contributed by atoms with Gasteiger partial charge in [-0.2, -0.15) is 0 Å². The average Bonchev–Trinajstić information content (AvgIpc) is 3.33. The molecule has 144 valence electrons. The van der Waals surface area contributed by atoms with Crippen molar-refractivity contribution in [3.63, 3.8) is 0 Å². The second-order valence-electron chi connectivity index (χ2n) is 8.17. The van der Waals surface area contributed by atoms with E-state index in [4.69, 9.17) is 4.99 Å². The van der Waals surface area contributed by atoms with E-state index in [1.807, 2.05) is 19.2 Å². The third-order valence-electron chi connectivity index (χ3n) is 6.41. The van der Waals surface area contributed by atoms with Crippen LogP contribution in [0, 0.1) is 6.92 Å². The van der Waals surface area contributed by atoms with Gasteiger partial charge in [-0.15, -0.1) is 0 Å². The summed E-state index contributed by atoms with van der Waals surface area (Å²) in [5, 5.41) is 0. The van der Waals surface area contributed by atoms with Gasteiger partial charge in [-0.05, 0) is 54.8 Å². The summed E-state index contributed by atoms with van der Waals surface area (Å²) < 4.78 is 0. The Kier molecular flexibility index (Phi) is 4.27. The molecule has 1 atom stereocenters. The van der Waals surface area contributed by atoms with Gasteiger partial charge in [0.1, 0.15) is 0 Å². The molecule has 3 aliphatic heterocycles. The number of carbonyl (C=O) groups is 1. The van der Waals surface area contributed by atoms with Crippen molar-refractivity contribution in [2.75, 3.05) is 19.6 Å². The van der Waals surface area contributed by atoms with Crippen molar-refractivity contribution in [3.05, 3.63) is 64.0 Å². The quantitative estimate of drug-likeness (QED) is 0.830. The van der Waals surface area contributed by atoms with Crippen LogP contribution in [-0.4, -0.2) is 52.1 Å². The Morgan fingerprint density at radius 2 is 2.07 bits per heavy atom. The molecule has 5 rings (SSSR count). The molecule has 0 saturated carbocycles. The second kappa shape index (κ2) is 6.82. The predicted octanol–water partition coefficient (Wildman–Crippen LogP) is 2.72. The minimum atomic E-state index is 0.275. The van der Waals surface area contributed by atoms with Crippen molar-refractivity contribution in [1.29, 1.82) is 0 Å². The van der Waals surface area contributed by atoms with Crippen LogP contribution in [0.2, 0.25) is 0 Å². The van der Waals surface area contributed by atoms with Crippen molar-refractivity contribution in [1.82, 2.24) is 14.8 Å². The number of hydrogen-bond acceptors (Lipinski definition) is 4. The molecule has 5 heteroatoms. The van der Waals surface area contributed by atoms with Crippen LogP contribution in [0.1, 0.15) is 46.9 Å². The molecule has 0 spiro atoms. The highest BCUT2D eigenvalue weighted by atomic mass is 16.2. The molecule has 4 heterocycles. The van der Waals surface area contributed by atoms with Crippen LogP contribution < -0.4 is 0 Å². The molecule has 1 aromatic heterocycles. The Hall–Kier alpha value is -2.53. The van der Waals surface area contributed by atoms with Gasteiger partial charge in [-0.1, -0.05) is 13.0 Å². The van der Waals surface area contributed by atoms with E-state index in [2.05, 4.69) is 39.9 Å². The maximum Gasteiger partial charge on any atom is 0.227 e. The molecule has 3 aliphatic rings. The lowest BCUT2D eigenvalue weighted by molar-refractivity contribution is -0.134. The van der Waals surface area contributed by atoms with E-state index in [0.29, 0.717) is 19.0 Å². The smallest absolute Gasteiger partial charge is 0.227 e. The molecule has 0 unspecified atom stereocenters. The lowest BCUT2D eigenvalue weighted by Crippen LogP contribution is -2.44. The molecule has 1 amide bonds. The molecule has 0 radical (unpaired) electrons. The highest BCUT2D eigenvalue weighted by Crippen LogP contribution is 2.31. The first-order chi connectivity index (χ1) is 13.6. The first kappa shape index (κ1) is 17.6. The van der Waals surface area contributed by atoms with E-state index in [-0.39, 0.29) is 5.91 Å². The molecule has 1 saturated heterocycles. The highest BCUT2D eigenvalue weighted by molar-refractivity contribution is 6.15. The van der Waals surface area contributed by atoms with Crippen LogP contribution in [-0.2, 0) is 24.3 Å². The van der Waals surface area contributed by atoms with Crippen LogP contribution >= 0.6 is 0 Å². The third kappa shape index (κ3) is 2.94. The average molecular weight is 374 g/mol. The van der Waals surface area contributed by atoms with E-state index < -0.39 is 0 Å².